The Kier molecular flexibility index (Phi) is 5.37. The minimum atomic E-state index is -0.264. The van der Waals surface area contributed by atoms with E-state index in [-0.39, 0.29) is 17.9 Å². The number of hydrogen-bond acceptors (Lipinski definition) is 2. The Morgan fingerprint density at radius 2 is 1.86 bits per heavy atom. The van der Waals surface area contributed by atoms with Crippen LogP contribution in [0.1, 0.15) is 29.5 Å². The second kappa shape index (κ2) is 8.25. The van der Waals surface area contributed by atoms with E-state index in [0.29, 0.717) is 19.6 Å². The molecule has 2 aromatic carbocycles. The van der Waals surface area contributed by atoms with Crippen molar-refractivity contribution in [2.75, 3.05) is 0 Å². The van der Waals surface area contributed by atoms with E-state index in [9.17, 15) is 9.18 Å². The summed E-state index contributed by atoms with van der Waals surface area (Å²) in [6.07, 6.45) is 5.72. The van der Waals surface area contributed by atoms with Gasteiger partial charge in [-0.3, -0.25) is 4.68 Å². The molecule has 1 heterocycles. The van der Waals surface area contributed by atoms with Crippen molar-refractivity contribution in [3.8, 4) is 0 Å². The van der Waals surface area contributed by atoms with Crippen molar-refractivity contribution in [1.82, 2.24) is 20.0 Å². The number of carbonyl (C=O) groups is 1. The van der Waals surface area contributed by atoms with Gasteiger partial charge in [0.05, 0.1) is 6.54 Å². The number of aromatic nitrogens is 2. The molecule has 1 fully saturated rings. The predicted molar refractivity (Wildman–Crippen MR) is 105 cm³/mol. The minimum Gasteiger partial charge on any atom is -0.334 e. The fourth-order valence-corrected chi connectivity index (χ4v) is 3.26. The number of urea groups is 1. The normalized spacial score (nSPS) is 13.3. The maximum Gasteiger partial charge on any atom is 0.318 e. The smallest absolute Gasteiger partial charge is 0.318 e. The van der Waals surface area contributed by atoms with Crippen molar-refractivity contribution in [3.05, 3.63) is 89.5 Å². The lowest BCUT2D eigenvalue weighted by Gasteiger charge is -2.23. The van der Waals surface area contributed by atoms with Gasteiger partial charge in [-0.25, -0.2) is 9.18 Å². The number of hydrogen-bond donors (Lipinski definition) is 1. The molecule has 28 heavy (non-hydrogen) atoms. The van der Waals surface area contributed by atoms with Crippen LogP contribution in [0.4, 0.5) is 9.18 Å². The van der Waals surface area contributed by atoms with E-state index in [0.717, 1.165) is 29.5 Å². The molecule has 144 valence electrons. The summed E-state index contributed by atoms with van der Waals surface area (Å²) >= 11 is 0. The Labute approximate surface area is 163 Å². The van der Waals surface area contributed by atoms with Crippen LogP contribution in [0.25, 0.3) is 0 Å². The summed E-state index contributed by atoms with van der Waals surface area (Å²) < 4.78 is 15.0. The van der Waals surface area contributed by atoms with Crippen LogP contribution in [0, 0.1) is 5.82 Å². The van der Waals surface area contributed by atoms with Crippen molar-refractivity contribution in [2.24, 2.45) is 0 Å². The first-order valence-electron chi connectivity index (χ1n) is 9.52. The Bertz CT molecular complexity index is 920. The molecule has 0 bridgehead atoms. The van der Waals surface area contributed by atoms with Crippen LogP contribution in [-0.4, -0.2) is 26.8 Å². The van der Waals surface area contributed by atoms with Gasteiger partial charge in [0.2, 0.25) is 0 Å². The molecule has 0 saturated heterocycles. The summed E-state index contributed by atoms with van der Waals surface area (Å²) in [6, 6.07) is 16.5. The fourth-order valence-electron chi connectivity index (χ4n) is 3.26. The molecule has 1 aliphatic rings. The molecular formula is C22H23FN4O. The summed E-state index contributed by atoms with van der Waals surface area (Å²) in [5.41, 5.74) is 3.13. The SMILES string of the molecule is O=C(NCc1ccccc1Cn1cccn1)N(Cc1ccc(F)cc1)C1CC1. The van der Waals surface area contributed by atoms with E-state index in [1.54, 1.807) is 18.3 Å². The summed E-state index contributed by atoms with van der Waals surface area (Å²) in [6.45, 7) is 1.62. The molecule has 1 saturated carbocycles. The monoisotopic (exact) mass is 378 g/mol. The Balaban J connectivity index is 1.40. The summed E-state index contributed by atoms with van der Waals surface area (Å²) in [5, 5.41) is 7.31. The van der Waals surface area contributed by atoms with Gasteiger partial charge in [-0.1, -0.05) is 36.4 Å². The average Bonchev–Trinajstić information content (AvgIpc) is 3.42. The van der Waals surface area contributed by atoms with E-state index >= 15 is 0 Å². The molecule has 0 unspecified atom stereocenters. The molecule has 0 atom stereocenters. The molecular weight excluding hydrogens is 355 g/mol. The van der Waals surface area contributed by atoms with Gasteiger partial charge in [-0.2, -0.15) is 5.10 Å². The Morgan fingerprint density at radius 1 is 1.11 bits per heavy atom. The molecule has 5 nitrogen and oxygen atoms in total. The van der Waals surface area contributed by atoms with E-state index in [1.165, 1.54) is 12.1 Å². The van der Waals surface area contributed by atoms with Crippen molar-refractivity contribution in [3.63, 3.8) is 0 Å². The van der Waals surface area contributed by atoms with Gasteiger partial charge in [-0.15, -0.1) is 0 Å². The Hall–Kier alpha value is -3.15. The highest BCUT2D eigenvalue weighted by atomic mass is 19.1. The number of halogens is 1. The quantitative estimate of drug-likeness (QED) is 0.677. The first kappa shape index (κ1) is 18.2. The number of carbonyl (C=O) groups excluding carboxylic acids is 1. The van der Waals surface area contributed by atoms with Crippen molar-refractivity contribution >= 4 is 6.03 Å². The van der Waals surface area contributed by atoms with E-state index < -0.39 is 0 Å². The standard InChI is InChI=1S/C22H23FN4O/c23-20-8-6-17(7-9-20)15-27(21-10-11-21)22(28)24-14-18-4-1-2-5-19(18)16-26-13-3-12-25-26/h1-9,12-13,21H,10-11,14-16H2,(H,24,28). The second-order valence-corrected chi connectivity index (χ2v) is 7.12. The minimum absolute atomic E-state index is 0.0827. The molecule has 0 spiro atoms. The van der Waals surface area contributed by atoms with Crippen LogP contribution >= 0.6 is 0 Å². The molecule has 0 aliphatic heterocycles. The highest BCUT2D eigenvalue weighted by Gasteiger charge is 2.32. The first-order valence-corrected chi connectivity index (χ1v) is 9.52. The zero-order valence-electron chi connectivity index (χ0n) is 15.6. The first-order chi connectivity index (χ1) is 13.7. The highest BCUT2D eigenvalue weighted by Crippen LogP contribution is 2.28. The lowest BCUT2D eigenvalue weighted by Crippen LogP contribution is -2.40. The van der Waals surface area contributed by atoms with Gasteiger partial charge in [-0.05, 0) is 47.7 Å². The average molecular weight is 378 g/mol. The molecule has 1 aliphatic carbocycles. The number of amides is 2. The molecule has 0 radical (unpaired) electrons. The number of rotatable bonds is 7. The number of benzene rings is 2. The molecule has 1 N–H and O–H groups in total. The third-order valence-corrected chi connectivity index (χ3v) is 4.95. The lowest BCUT2D eigenvalue weighted by molar-refractivity contribution is 0.191. The van der Waals surface area contributed by atoms with E-state index in [1.807, 2.05) is 40.0 Å². The number of nitrogens with one attached hydrogen (secondary N) is 1. The van der Waals surface area contributed by atoms with Crippen LogP contribution in [0.2, 0.25) is 0 Å². The highest BCUT2D eigenvalue weighted by molar-refractivity contribution is 5.75. The van der Waals surface area contributed by atoms with Gasteiger partial charge < -0.3 is 10.2 Å². The van der Waals surface area contributed by atoms with Crippen LogP contribution in [0.15, 0.2) is 67.0 Å². The van der Waals surface area contributed by atoms with E-state index in [4.69, 9.17) is 0 Å². The fraction of sp³-hybridized carbons (Fsp3) is 0.273. The predicted octanol–water partition coefficient (Wildman–Crippen LogP) is 3.94. The van der Waals surface area contributed by atoms with Crippen molar-refractivity contribution in [1.29, 1.82) is 0 Å². The van der Waals surface area contributed by atoms with Crippen LogP contribution < -0.4 is 5.32 Å². The molecule has 3 aromatic rings. The maximum absolute atomic E-state index is 13.1. The lowest BCUT2D eigenvalue weighted by atomic mass is 10.1. The maximum atomic E-state index is 13.1. The molecule has 1 aromatic heterocycles. The zero-order valence-corrected chi connectivity index (χ0v) is 15.6. The number of nitrogens with zero attached hydrogens (tertiary/aromatic N) is 3. The van der Waals surface area contributed by atoms with Gasteiger partial charge >= 0.3 is 6.03 Å². The molecule has 2 amide bonds. The Morgan fingerprint density at radius 3 is 2.54 bits per heavy atom. The summed E-state index contributed by atoms with van der Waals surface area (Å²) in [5.74, 6) is -0.264. The molecule has 6 heteroatoms. The summed E-state index contributed by atoms with van der Waals surface area (Å²) in [4.78, 5) is 14.7. The molecule has 4 rings (SSSR count). The second-order valence-electron chi connectivity index (χ2n) is 7.12. The zero-order chi connectivity index (χ0) is 19.3. The van der Waals surface area contributed by atoms with Crippen LogP contribution in [0.3, 0.4) is 0 Å². The third-order valence-electron chi connectivity index (χ3n) is 4.95. The van der Waals surface area contributed by atoms with Gasteiger partial charge in [0.15, 0.2) is 0 Å². The van der Waals surface area contributed by atoms with Gasteiger partial charge in [0.25, 0.3) is 0 Å². The van der Waals surface area contributed by atoms with E-state index in [2.05, 4.69) is 16.5 Å². The van der Waals surface area contributed by atoms with Crippen molar-refractivity contribution in [2.45, 2.75) is 38.5 Å². The van der Waals surface area contributed by atoms with Crippen LogP contribution in [-0.2, 0) is 19.6 Å². The van der Waals surface area contributed by atoms with Gasteiger partial charge in [0.1, 0.15) is 5.82 Å². The van der Waals surface area contributed by atoms with Crippen LogP contribution in [0.5, 0.6) is 0 Å². The topological polar surface area (TPSA) is 50.2 Å². The van der Waals surface area contributed by atoms with Gasteiger partial charge in [0, 0.05) is 31.5 Å². The van der Waals surface area contributed by atoms with Crippen molar-refractivity contribution < 1.29 is 9.18 Å². The summed E-state index contributed by atoms with van der Waals surface area (Å²) in [7, 11) is 0. The third kappa shape index (κ3) is 4.57. The largest absolute Gasteiger partial charge is 0.334 e.